The first kappa shape index (κ1) is 17.7. The molecule has 0 radical (unpaired) electrons. The van der Waals surface area contributed by atoms with Gasteiger partial charge in [0.2, 0.25) is 0 Å². The molecule has 0 unspecified atom stereocenters. The summed E-state index contributed by atoms with van der Waals surface area (Å²) in [6, 6.07) is 10.4. The molecule has 0 N–H and O–H groups in total. The Balaban J connectivity index is 1.56. The zero-order valence-electron chi connectivity index (χ0n) is 14.5. The smallest absolute Gasteiger partial charge is 0.289 e. The van der Waals surface area contributed by atoms with Crippen molar-refractivity contribution in [3.05, 3.63) is 59.3 Å². The Morgan fingerprint density at radius 3 is 2.96 bits per heavy atom. The van der Waals surface area contributed by atoms with Crippen LogP contribution in [0.4, 0.5) is 4.39 Å². The van der Waals surface area contributed by atoms with Crippen LogP contribution in [0.15, 0.2) is 40.8 Å². The summed E-state index contributed by atoms with van der Waals surface area (Å²) in [7, 11) is 1.59. The summed E-state index contributed by atoms with van der Waals surface area (Å²) in [6.45, 7) is 1.81. The Hall–Kier alpha value is -2.14. The highest BCUT2D eigenvalue weighted by molar-refractivity contribution is 5.91. The van der Waals surface area contributed by atoms with E-state index in [-0.39, 0.29) is 11.7 Å². The lowest BCUT2D eigenvalue weighted by atomic mass is 9.91. The third-order valence-corrected chi connectivity index (χ3v) is 4.74. The number of halogens is 1. The molecule has 0 saturated carbocycles. The molecule has 2 aromatic rings. The highest BCUT2D eigenvalue weighted by Gasteiger charge is 2.26. The number of carbonyl (C=O) groups excluding carboxylic acids is 1. The molecule has 1 aromatic carbocycles. The van der Waals surface area contributed by atoms with E-state index in [1.54, 1.807) is 25.3 Å². The summed E-state index contributed by atoms with van der Waals surface area (Å²) >= 11 is 0. The Morgan fingerprint density at radius 1 is 1.32 bits per heavy atom. The average molecular weight is 345 g/mol. The quantitative estimate of drug-likeness (QED) is 0.793. The summed E-state index contributed by atoms with van der Waals surface area (Å²) in [6.07, 6.45) is 3.64. The van der Waals surface area contributed by atoms with Crippen molar-refractivity contribution in [1.29, 1.82) is 0 Å². The minimum Gasteiger partial charge on any atom is -0.453 e. The molecule has 1 aliphatic rings. The fourth-order valence-corrected chi connectivity index (χ4v) is 3.41. The van der Waals surface area contributed by atoms with Gasteiger partial charge in [0.1, 0.15) is 18.2 Å². The van der Waals surface area contributed by atoms with Gasteiger partial charge in [-0.1, -0.05) is 18.2 Å². The van der Waals surface area contributed by atoms with E-state index in [1.807, 2.05) is 17.0 Å². The lowest BCUT2D eigenvalue weighted by Crippen LogP contribution is -2.39. The topological polar surface area (TPSA) is 42.7 Å². The van der Waals surface area contributed by atoms with Crippen LogP contribution in [0.5, 0.6) is 0 Å². The van der Waals surface area contributed by atoms with E-state index in [1.165, 1.54) is 6.07 Å². The van der Waals surface area contributed by atoms with Crippen molar-refractivity contribution in [3.63, 3.8) is 0 Å². The number of rotatable bonds is 6. The van der Waals surface area contributed by atoms with Crippen LogP contribution in [0.3, 0.4) is 0 Å². The molecule has 0 aliphatic carbocycles. The molecule has 5 heteroatoms. The van der Waals surface area contributed by atoms with Crippen molar-refractivity contribution < 1.29 is 18.3 Å². The molecular formula is C20H24FNO3. The Labute approximate surface area is 147 Å². The molecule has 0 spiro atoms. The van der Waals surface area contributed by atoms with Crippen molar-refractivity contribution in [2.45, 2.75) is 32.3 Å². The van der Waals surface area contributed by atoms with E-state index in [0.29, 0.717) is 37.0 Å². The molecule has 134 valence electrons. The number of hydrogen-bond acceptors (Lipinski definition) is 3. The van der Waals surface area contributed by atoms with Crippen LogP contribution in [0, 0.1) is 11.7 Å². The lowest BCUT2D eigenvalue weighted by molar-refractivity contribution is 0.0629. The minimum atomic E-state index is -0.146. The van der Waals surface area contributed by atoms with Crippen molar-refractivity contribution in [2.75, 3.05) is 20.2 Å². The molecule has 25 heavy (non-hydrogen) atoms. The number of piperidine rings is 1. The highest BCUT2D eigenvalue weighted by atomic mass is 19.1. The maximum Gasteiger partial charge on any atom is 0.289 e. The zero-order valence-corrected chi connectivity index (χ0v) is 14.5. The maximum atomic E-state index is 13.7. The second-order valence-electron chi connectivity index (χ2n) is 6.59. The molecule has 1 amide bonds. The number of furan rings is 1. The number of nitrogens with zero attached hydrogens (tertiary/aromatic N) is 1. The first-order chi connectivity index (χ1) is 12.2. The number of ether oxygens (including phenoxy) is 1. The predicted octanol–water partition coefficient (Wildman–Crippen LogP) is 4.05. The van der Waals surface area contributed by atoms with Gasteiger partial charge in [-0.3, -0.25) is 4.79 Å². The average Bonchev–Trinajstić information content (AvgIpc) is 3.10. The van der Waals surface area contributed by atoms with Crippen molar-refractivity contribution in [3.8, 4) is 0 Å². The summed E-state index contributed by atoms with van der Waals surface area (Å²) in [5.41, 5.74) is 0.751. The van der Waals surface area contributed by atoms with Crippen LogP contribution >= 0.6 is 0 Å². The molecule has 3 rings (SSSR count). The molecule has 1 aliphatic heterocycles. The summed E-state index contributed by atoms with van der Waals surface area (Å²) < 4.78 is 24.3. The Morgan fingerprint density at radius 2 is 2.16 bits per heavy atom. The third-order valence-electron chi connectivity index (χ3n) is 4.74. The van der Waals surface area contributed by atoms with Crippen LogP contribution < -0.4 is 0 Å². The number of benzene rings is 1. The zero-order chi connectivity index (χ0) is 17.6. The van der Waals surface area contributed by atoms with E-state index in [2.05, 4.69) is 0 Å². The van der Waals surface area contributed by atoms with Gasteiger partial charge in [0.05, 0.1) is 0 Å². The number of likely N-dealkylation sites (tertiary alicyclic amines) is 1. The summed E-state index contributed by atoms with van der Waals surface area (Å²) in [5.74, 6) is 1.19. The fourth-order valence-electron chi connectivity index (χ4n) is 3.41. The molecule has 0 bridgehead atoms. The number of amides is 1. The van der Waals surface area contributed by atoms with Crippen molar-refractivity contribution >= 4 is 5.91 Å². The normalized spacial score (nSPS) is 17.7. The number of methoxy groups -OCH3 is 1. The first-order valence-corrected chi connectivity index (χ1v) is 8.77. The van der Waals surface area contributed by atoms with Crippen molar-refractivity contribution in [2.24, 2.45) is 5.92 Å². The van der Waals surface area contributed by atoms with Gasteiger partial charge in [-0.05, 0) is 55.4 Å². The van der Waals surface area contributed by atoms with E-state index in [9.17, 15) is 9.18 Å². The van der Waals surface area contributed by atoms with Crippen LogP contribution in [0.2, 0.25) is 0 Å². The van der Waals surface area contributed by atoms with Gasteiger partial charge >= 0.3 is 0 Å². The number of hydrogen-bond donors (Lipinski definition) is 0. The van der Waals surface area contributed by atoms with E-state index in [4.69, 9.17) is 9.15 Å². The van der Waals surface area contributed by atoms with Crippen LogP contribution in [0.25, 0.3) is 0 Å². The second kappa shape index (κ2) is 8.30. The Bertz CT molecular complexity index is 712. The molecule has 2 heterocycles. The van der Waals surface area contributed by atoms with E-state index >= 15 is 0 Å². The van der Waals surface area contributed by atoms with Gasteiger partial charge in [-0.25, -0.2) is 4.39 Å². The molecular weight excluding hydrogens is 321 g/mol. The van der Waals surface area contributed by atoms with Crippen LogP contribution in [0.1, 0.15) is 41.1 Å². The fraction of sp³-hybridized carbons (Fsp3) is 0.450. The van der Waals surface area contributed by atoms with Gasteiger partial charge in [-0.15, -0.1) is 0 Å². The van der Waals surface area contributed by atoms with E-state index < -0.39 is 0 Å². The third kappa shape index (κ3) is 4.48. The molecule has 1 saturated heterocycles. The number of carbonyl (C=O) groups is 1. The highest BCUT2D eigenvalue weighted by Crippen LogP contribution is 2.24. The van der Waals surface area contributed by atoms with Gasteiger partial charge in [-0.2, -0.15) is 0 Å². The first-order valence-electron chi connectivity index (χ1n) is 8.77. The monoisotopic (exact) mass is 345 g/mol. The molecule has 4 nitrogen and oxygen atoms in total. The predicted molar refractivity (Wildman–Crippen MR) is 92.8 cm³/mol. The van der Waals surface area contributed by atoms with Gasteiger partial charge < -0.3 is 14.1 Å². The summed E-state index contributed by atoms with van der Waals surface area (Å²) in [4.78, 5) is 14.5. The van der Waals surface area contributed by atoms with Crippen LogP contribution in [-0.4, -0.2) is 31.0 Å². The number of aryl methyl sites for hydroxylation is 1. The van der Waals surface area contributed by atoms with Gasteiger partial charge in [0.15, 0.2) is 5.76 Å². The standard InChI is InChI=1S/C20H24FNO3/c1-24-14-17-10-11-19(25-17)20(23)22-12-4-5-15(13-22)8-9-16-6-2-3-7-18(16)21/h2-3,6-7,10-11,15H,4-5,8-9,12-14H2,1H3/t15-/m1/s1. The molecule has 1 fully saturated rings. The van der Waals surface area contributed by atoms with Crippen LogP contribution in [-0.2, 0) is 17.8 Å². The molecule has 1 atom stereocenters. The summed E-state index contributed by atoms with van der Waals surface area (Å²) in [5, 5.41) is 0. The lowest BCUT2D eigenvalue weighted by Gasteiger charge is -2.32. The van der Waals surface area contributed by atoms with Crippen molar-refractivity contribution in [1.82, 2.24) is 4.90 Å². The Kier molecular flexibility index (Phi) is 5.87. The maximum absolute atomic E-state index is 13.7. The van der Waals surface area contributed by atoms with Gasteiger partial charge in [0.25, 0.3) is 5.91 Å². The molecule has 1 aromatic heterocycles. The largest absolute Gasteiger partial charge is 0.453 e. The second-order valence-corrected chi connectivity index (χ2v) is 6.59. The minimum absolute atomic E-state index is 0.0713. The SMILES string of the molecule is COCc1ccc(C(=O)N2CCC[C@H](CCc3ccccc3F)C2)o1. The van der Waals surface area contributed by atoms with Gasteiger partial charge in [0, 0.05) is 20.2 Å². The van der Waals surface area contributed by atoms with E-state index in [0.717, 1.165) is 31.4 Å².